The molecule has 0 radical (unpaired) electrons. The number of anilines is 1. The minimum absolute atomic E-state index is 0.428. The number of ether oxygens (including phenoxy) is 1. The number of aromatic nitrogens is 5. The Morgan fingerprint density at radius 3 is 2.10 bits per heavy atom. The fourth-order valence-electron chi connectivity index (χ4n) is 4.82. The van der Waals surface area contributed by atoms with Gasteiger partial charge in [0.2, 0.25) is 5.89 Å². The number of rotatable bonds is 7. The minimum atomic E-state index is 0.428. The number of oxazole rings is 1. The molecule has 0 unspecified atom stereocenters. The summed E-state index contributed by atoms with van der Waals surface area (Å²) in [6.45, 7) is 10.7. The lowest BCUT2D eigenvalue weighted by molar-refractivity contribution is -0.120. The minimum Gasteiger partial charge on any atom is -0.436 e. The van der Waals surface area contributed by atoms with Crippen LogP contribution in [0.3, 0.4) is 0 Å². The number of benzene rings is 3. The summed E-state index contributed by atoms with van der Waals surface area (Å²) in [6.07, 6.45) is 2.15. The van der Waals surface area contributed by atoms with Gasteiger partial charge in [0.05, 0.1) is 22.1 Å². The second kappa shape index (κ2) is 11.0. The molecule has 3 aromatic heterocycles. The molecule has 0 bridgehead atoms. The smallest absolute Gasteiger partial charge is 0.298 e. The lowest BCUT2D eigenvalue weighted by atomic mass is 10.2. The van der Waals surface area contributed by atoms with Crippen LogP contribution in [0.5, 0.6) is 5.75 Å². The Kier molecular flexibility index (Phi) is 7.31. The molecule has 200 valence electrons. The van der Waals surface area contributed by atoms with Crippen molar-refractivity contribution in [2.45, 2.75) is 53.6 Å². The summed E-state index contributed by atoms with van der Waals surface area (Å²) in [7, 11) is 0. The van der Waals surface area contributed by atoms with Crippen LogP contribution in [0.1, 0.15) is 38.3 Å². The lowest BCUT2D eigenvalue weighted by Gasteiger charge is -2.04. The van der Waals surface area contributed by atoms with Gasteiger partial charge in [0.1, 0.15) is 22.9 Å². The first-order valence-electron chi connectivity index (χ1n) is 13.1. The number of imidazole rings is 2. The van der Waals surface area contributed by atoms with Crippen molar-refractivity contribution in [1.29, 1.82) is 0 Å². The Bertz CT molecular complexity index is 1780. The van der Waals surface area contributed by atoms with E-state index in [4.69, 9.17) is 14.9 Å². The summed E-state index contributed by atoms with van der Waals surface area (Å²) in [4.78, 5) is 23.9. The van der Waals surface area contributed by atoms with Gasteiger partial charge < -0.3 is 24.0 Å². The highest BCUT2D eigenvalue weighted by Crippen LogP contribution is 2.28. The number of carbonyl (C=O) groups excluding carboxylic acids is 1. The normalized spacial score (nSPS) is 11.2. The van der Waals surface area contributed by atoms with Gasteiger partial charge in [-0.05, 0) is 75.2 Å². The molecule has 0 aliphatic carbocycles. The molecule has 0 saturated heterocycles. The van der Waals surface area contributed by atoms with Crippen molar-refractivity contribution < 1.29 is 13.9 Å². The van der Waals surface area contributed by atoms with E-state index in [1.165, 1.54) is 0 Å². The van der Waals surface area contributed by atoms with E-state index < -0.39 is 0 Å². The highest BCUT2D eigenvalue weighted by atomic mass is 16.5. The highest BCUT2D eigenvalue weighted by molar-refractivity contribution is 5.84. The molecule has 0 aliphatic heterocycles. The molecule has 2 N–H and O–H groups in total. The van der Waals surface area contributed by atoms with Crippen LogP contribution in [-0.4, -0.2) is 30.6 Å². The van der Waals surface area contributed by atoms with Crippen molar-refractivity contribution >= 4 is 45.3 Å². The molecule has 0 fully saturated rings. The standard InChI is InChI=1S/C18H18N4O.C12H14N2O2/c1-3-8-22-11(2)20-14-9-12(4-6-16(14)22)18-21-15-10-13(19)5-7-17(15)23-18;1-3-6-14-9(2)13-11-7-10(16-8-15)4-5-12(11)14/h4-7,9-10H,3,8,19H2,1-2H3;4-5,7-8H,3,6H2,1-2H3. The third-order valence-electron chi connectivity index (χ3n) is 6.59. The lowest BCUT2D eigenvalue weighted by Crippen LogP contribution is -1.98. The van der Waals surface area contributed by atoms with Crippen LogP contribution < -0.4 is 10.5 Å². The summed E-state index contributed by atoms with van der Waals surface area (Å²) in [6, 6.07) is 17.1. The van der Waals surface area contributed by atoms with Crippen LogP contribution in [0.25, 0.3) is 44.6 Å². The Hall–Kier alpha value is -4.66. The Morgan fingerprint density at radius 2 is 1.46 bits per heavy atom. The van der Waals surface area contributed by atoms with Gasteiger partial charge in [0, 0.05) is 30.4 Å². The van der Waals surface area contributed by atoms with E-state index >= 15 is 0 Å². The molecule has 9 heteroatoms. The molecule has 0 atom stereocenters. The van der Waals surface area contributed by atoms with Gasteiger partial charge in [-0.1, -0.05) is 13.8 Å². The second-order valence-corrected chi connectivity index (χ2v) is 9.44. The van der Waals surface area contributed by atoms with Crippen molar-refractivity contribution in [3.8, 4) is 17.2 Å². The molecule has 6 aromatic rings. The number of fused-ring (bicyclic) bond motifs is 3. The Balaban J connectivity index is 0.000000169. The zero-order chi connectivity index (χ0) is 27.5. The van der Waals surface area contributed by atoms with Crippen LogP contribution in [-0.2, 0) is 17.9 Å². The zero-order valence-corrected chi connectivity index (χ0v) is 22.6. The van der Waals surface area contributed by atoms with E-state index in [0.29, 0.717) is 23.8 Å². The number of hydrogen-bond donors (Lipinski definition) is 1. The van der Waals surface area contributed by atoms with Gasteiger partial charge in [-0.2, -0.15) is 0 Å². The van der Waals surface area contributed by atoms with Crippen molar-refractivity contribution in [2.24, 2.45) is 0 Å². The molecule has 0 spiro atoms. The highest BCUT2D eigenvalue weighted by Gasteiger charge is 2.12. The quantitative estimate of drug-likeness (QED) is 0.189. The van der Waals surface area contributed by atoms with E-state index in [2.05, 4.69) is 44.0 Å². The van der Waals surface area contributed by atoms with Crippen molar-refractivity contribution in [1.82, 2.24) is 24.1 Å². The van der Waals surface area contributed by atoms with E-state index in [9.17, 15) is 4.79 Å². The van der Waals surface area contributed by atoms with E-state index in [0.717, 1.165) is 76.3 Å². The predicted octanol–water partition coefficient (Wildman–Crippen LogP) is 6.44. The van der Waals surface area contributed by atoms with Gasteiger partial charge in [0.15, 0.2) is 5.58 Å². The van der Waals surface area contributed by atoms with Gasteiger partial charge in [-0.3, -0.25) is 4.79 Å². The molecule has 3 aromatic carbocycles. The average Bonchev–Trinajstić information content (AvgIpc) is 3.57. The molecule has 0 aliphatic rings. The van der Waals surface area contributed by atoms with Gasteiger partial charge >= 0.3 is 0 Å². The van der Waals surface area contributed by atoms with Crippen LogP contribution in [0.2, 0.25) is 0 Å². The van der Waals surface area contributed by atoms with Crippen molar-refractivity contribution in [2.75, 3.05) is 5.73 Å². The summed E-state index contributed by atoms with van der Waals surface area (Å²) in [5.74, 6) is 3.14. The first-order chi connectivity index (χ1) is 18.9. The number of carbonyl (C=O) groups is 1. The zero-order valence-electron chi connectivity index (χ0n) is 22.6. The topological polar surface area (TPSA) is 114 Å². The molecule has 9 nitrogen and oxygen atoms in total. The third-order valence-corrected chi connectivity index (χ3v) is 6.59. The molecule has 3 heterocycles. The van der Waals surface area contributed by atoms with Crippen LogP contribution in [0.15, 0.2) is 59.0 Å². The summed E-state index contributed by atoms with van der Waals surface area (Å²) < 4.78 is 15.0. The van der Waals surface area contributed by atoms with Crippen molar-refractivity contribution in [3.05, 3.63) is 66.2 Å². The maximum absolute atomic E-state index is 10.2. The fraction of sp³-hybridized carbons (Fsp3) is 0.267. The number of nitrogens with two attached hydrogens (primary N) is 1. The molecule has 6 rings (SSSR count). The van der Waals surface area contributed by atoms with E-state index in [1.807, 2.05) is 50.2 Å². The van der Waals surface area contributed by atoms with Gasteiger partial charge in [0.25, 0.3) is 6.47 Å². The summed E-state index contributed by atoms with van der Waals surface area (Å²) in [5.41, 5.74) is 13.0. The molecular weight excluding hydrogens is 492 g/mol. The second-order valence-electron chi connectivity index (χ2n) is 9.44. The first-order valence-corrected chi connectivity index (χ1v) is 13.1. The van der Waals surface area contributed by atoms with Crippen LogP contribution in [0, 0.1) is 13.8 Å². The Morgan fingerprint density at radius 1 is 0.821 bits per heavy atom. The molecule has 39 heavy (non-hydrogen) atoms. The maximum atomic E-state index is 10.2. The molecule has 0 saturated carbocycles. The van der Waals surface area contributed by atoms with Gasteiger partial charge in [-0.25, -0.2) is 15.0 Å². The van der Waals surface area contributed by atoms with Crippen molar-refractivity contribution in [3.63, 3.8) is 0 Å². The Labute approximate surface area is 226 Å². The molecule has 0 amide bonds. The predicted molar refractivity (Wildman–Crippen MR) is 154 cm³/mol. The van der Waals surface area contributed by atoms with E-state index in [-0.39, 0.29) is 0 Å². The third kappa shape index (κ3) is 5.20. The number of aryl methyl sites for hydroxylation is 4. The number of nitrogen functional groups attached to an aromatic ring is 1. The average molecular weight is 525 g/mol. The first kappa shape index (κ1) is 26.0. The monoisotopic (exact) mass is 524 g/mol. The van der Waals surface area contributed by atoms with Crippen LogP contribution in [0.4, 0.5) is 5.69 Å². The maximum Gasteiger partial charge on any atom is 0.298 e. The largest absolute Gasteiger partial charge is 0.436 e. The number of hydrogen-bond acceptors (Lipinski definition) is 7. The van der Waals surface area contributed by atoms with E-state index in [1.54, 1.807) is 12.1 Å². The number of nitrogens with zero attached hydrogens (tertiary/aromatic N) is 5. The summed E-state index contributed by atoms with van der Waals surface area (Å²) in [5, 5.41) is 0. The van der Waals surface area contributed by atoms with Gasteiger partial charge in [-0.15, -0.1) is 0 Å². The molecular formula is C30H32N6O3. The fourth-order valence-corrected chi connectivity index (χ4v) is 4.82. The van der Waals surface area contributed by atoms with Crippen LogP contribution >= 0.6 is 0 Å². The summed E-state index contributed by atoms with van der Waals surface area (Å²) >= 11 is 0. The SMILES string of the molecule is CCCn1c(C)nc2cc(-c3nc4cc(N)ccc4o3)ccc21.CCCn1c(C)nc2cc(OC=O)ccc21.